The summed E-state index contributed by atoms with van der Waals surface area (Å²) in [5, 5.41) is 7.58. The number of hydrogen-bond acceptors (Lipinski definition) is 3. The minimum Gasteiger partial charge on any atom is -0.483 e. The van der Waals surface area contributed by atoms with Crippen molar-refractivity contribution in [2.75, 3.05) is 11.9 Å². The third-order valence-corrected chi connectivity index (χ3v) is 3.16. The molecule has 2 aromatic rings. The Bertz CT molecular complexity index is 638. The zero-order valence-electron chi connectivity index (χ0n) is 12.3. The Morgan fingerprint density at radius 2 is 2.19 bits per heavy atom. The van der Waals surface area contributed by atoms with Gasteiger partial charge in [-0.25, -0.2) is 4.68 Å². The van der Waals surface area contributed by atoms with Crippen LogP contribution in [0.2, 0.25) is 5.02 Å². The van der Waals surface area contributed by atoms with Gasteiger partial charge in [-0.05, 0) is 44.5 Å². The molecule has 1 aromatic carbocycles. The molecule has 0 saturated heterocycles. The zero-order chi connectivity index (χ0) is 15.4. The van der Waals surface area contributed by atoms with E-state index in [1.165, 1.54) is 0 Å². The fourth-order valence-electron chi connectivity index (χ4n) is 1.92. The molecule has 0 saturated carbocycles. The van der Waals surface area contributed by atoms with Gasteiger partial charge >= 0.3 is 0 Å². The molecule has 0 unspecified atom stereocenters. The summed E-state index contributed by atoms with van der Waals surface area (Å²) in [5.41, 5.74) is 0.891. The molecule has 0 atom stereocenters. The van der Waals surface area contributed by atoms with Crippen LogP contribution in [0.15, 0.2) is 30.5 Å². The number of ether oxygens (including phenoxy) is 1. The molecule has 0 radical (unpaired) electrons. The van der Waals surface area contributed by atoms with E-state index < -0.39 is 0 Å². The standard InChI is InChI=1S/C15H18ClN3O2/c1-10(2)19-14(6-7-17-19)18-15(20)9-21-13-5-4-12(16)8-11(13)3/h4-8,10H,9H2,1-3H3,(H,18,20). The maximum atomic E-state index is 11.9. The van der Waals surface area contributed by atoms with E-state index >= 15 is 0 Å². The first-order valence-electron chi connectivity index (χ1n) is 6.69. The van der Waals surface area contributed by atoms with Crippen LogP contribution in [0.1, 0.15) is 25.5 Å². The molecule has 0 fully saturated rings. The first-order chi connectivity index (χ1) is 9.97. The van der Waals surface area contributed by atoms with Crippen molar-refractivity contribution >= 4 is 23.3 Å². The van der Waals surface area contributed by atoms with Crippen LogP contribution in [0.4, 0.5) is 5.82 Å². The highest BCUT2D eigenvalue weighted by molar-refractivity contribution is 6.30. The Morgan fingerprint density at radius 3 is 2.86 bits per heavy atom. The average molecular weight is 308 g/mol. The van der Waals surface area contributed by atoms with Gasteiger partial charge in [-0.1, -0.05) is 11.6 Å². The number of nitrogens with one attached hydrogen (secondary N) is 1. The number of benzene rings is 1. The first-order valence-corrected chi connectivity index (χ1v) is 7.07. The molecule has 5 nitrogen and oxygen atoms in total. The molecule has 1 amide bonds. The van der Waals surface area contributed by atoms with E-state index in [0.717, 1.165) is 5.56 Å². The summed E-state index contributed by atoms with van der Waals surface area (Å²) in [6, 6.07) is 7.21. The van der Waals surface area contributed by atoms with Gasteiger partial charge in [0.15, 0.2) is 6.61 Å². The van der Waals surface area contributed by atoms with E-state index in [9.17, 15) is 4.79 Å². The van der Waals surface area contributed by atoms with Crippen LogP contribution in [0.25, 0.3) is 0 Å². The number of carbonyl (C=O) groups excluding carboxylic acids is 1. The van der Waals surface area contributed by atoms with Gasteiger partial charge in [0.25, 0.3) is 5.91 Å². The van der Waals surface area contributed by atoms with Gasteiger partial charge in [-0.15, -0.1) is 0 Å². The SMILES string of the molecule is Cc1cc(Cl)ccc1OCC(=O)Nc1ccnn1C(C)C. The smallest absolute Gasteiger partial charge is 0.263 e. The van der Waals surface area contributed by atoms with Crippen molar-refractivity contribution in [3.63, 3.8) is 0 Å². The van der Waals surface area contributed by atoms with E-state index in [-0.39, 0.29) is 18.6 Å². The molecule has 0 bridgehead atoms. The van der Waals surface area contributed by atoms with Crippen LogP contribution in [0.5, 0.6) is 5.75 Å². The Hall–Kier alpha value is -2.01. The summed E-state index contributed by atoms with van der Waals surface area (Å²) >= 11 is 5.88. The summed E-state index contributed by atoms with van der Waals surface area (Å²) in [6.07, 6.45) is 1.65. The Kier molecular flexibility index (Phi) is 4.85. The van der Waals surface area contributed by atoms with Crippen molar-refractivity contribution in [3.8, 4) is 5.75 Å². The second-order valence-electron chi connectivity index (χ2n) is 5.00. The molecule has 0 spiro atoms. The zero-order valence-corrected chi connectivity index (χ0v) is 13.0. The van der Waals surface area contributed by atoms with Gasteiger partial charge in [0, 0.05) is 17.1 Å². The number of nitrogens with zero attached hydrogens (tertiary/aromatic N) is 2. The lowest BCUT2D eigenvalue weighted by Crippen LogP contribution is -2.22. The molecule has 0 aliphatic carbocycles. The number of anilines is 1. The molecule has 0 aliphatic heterocycles. The summed E-state index contributed by atoms with van der Waals surface area (Å²) < 4.78 is 7.24. The van der Waals surface area contributed by atoms with E-state index in [1.54, 1.807) is 35.1 Å². The molecule has 112 valence electrons. The van der Waals surface area contributed by atoms with Crippen molar-refractivity contribution in [2.45, 2.75) is 26.8 Å². The molecular weight excluding hydrogens is 290 g/mol. The Balaban J connectivity index is 1.94. The predicted molar refractivity (Wildman–Crippen MR) is 82.9 cm³/mol. The number of aryl methyl sites for hydroxylation is 1. The topological polar surface area (TPSA) is 56.1 Å². The van der Waals surface area contributed by atoms with Crippen LogP contribution in [0, 0.1) is 6.92 Å². The number of rotatable bonds is 5. The molecule has 21 heavy (non-hydrogen) atoms. The third kappa shape index (κ3) is 3.98. The predicted octanol–water partition coefficient (Wildman–Crippen LogP) is 3.44. The number of aromatic nitrogens is 2. The summed E-state index contributed by atoms with van der Waals surface area (Å²) in [6.45, 7) is 5.81. The third-order valence-electron chi connectivity index (χ3n) is 2.92. The van der Waals surface area contributed by atoms with Gasteiger partial charge in [-0.2, -0.15) is 5.10 Å². The Morgan fingerprint density at radius 1 is 1.43 bits per heavy atom. The fourth-order valence-corrected chi connectivity index (χ4v) is 2.15. The van der Waals surface area contributed by atoms with Crippen molar-refractivity contribution in [2.24, 2.45) is 0 Å². The highest BCUT2D eigenvalue weighted by Crippen LogP contribution is 2.21. The molecule has 1 aromatic heterocycles. The highest BCUT2D eigenvalue weighted by atomic mass is 35.5. The van der Waals surface area contributed by atoms with Crippen LogP contribution < -0.4 is 10.1 Å². The van der Waals surface area contributed by atoms with Crippen molar-refractivity contribution in [1.82, 2.24) is 9.78 Å². The van der Waals surface area contributed by atoms with E-state index in [0.29, 0.717) is 16.6 Å². The first kappa shape index (κ1) is 15.4. The van der Waals surface area contributed by atoms with Crippen LogP contribution in [-0.2, 0) is 4.79 Å². The minimum atomic E-state index is -0.230. The van der Waals surface area contributed by atoms with E-state index in [2.05, 4.69) is 10.4 Å². The van der Waals surface area contributed by atoms with Gasteiger partial charge in [0.2, 0.25) is 0 Å². The van der Waals surface area contributed by atoms with Crippen molar-refractivity contribution < 1.29 is 9.53 Å². The van der Waals surface area contributed by atoms with E-state index in [4.69, 9.17) is 16.3 Å². The van der Waals surface area contributed by atoms with Crippen LogP contribution in [-0.4, -0.2) is 22.3 Å². The minimum absolute atomic E-state index is 0.0637. The summed E-state index contributed by atoms with van der Waals surface area (Å²) in [7, 11) is 0. The largest absolute Gasteiger partial charge is 0.483 e. The van der Waals surface area contributed by atoms with Crippen molar-refractivity contribution in [3.05, 3.63) is 41.0 Å². The molecule has 1 heterocycles. The maximum Gasteiger partial charge on any atom is 0.263 e. The second-order valence-corrected chi connectivity index (χ2v) is 5.44. The maximum absolute atomic E-state index is 11.9. The Labute approximate surface area is 128 Å². The molecule has 0 aliphatic rings. The fraction of sp³-hybridized carbons (Fsp3) is 0.333. The van der Waals surface area contributed by atoms with Gasteiger partial charge in [0.1, 0.15) is 11.6 Å². The molecule has 1 N–H and O–H groups in total. The number of carbonyl (C=O) groups is 1. The van der Waals surface area contributed by atoms with Gasteiger partial charge in [-0.3, -0.25) is 4.79 Å². The number of hydrogen-bond donors (Lipinski definition) is 1. The van der Waals surface area contributed by atoms with E-state index in [1.807, 2.05) is 20.8 Å². The normalized spacial score (nSPS) is 10.7. The van der Waals surface area contributed by atoms with Crippen molar-refractivity contribution in [1.29, 1.82) is 0 Å². The van der Waals surface area contributed by atoms with Crippen LogP contribution in [0.3, 0.4) is 0 Å². The molecule has 2 rings (SSSR count). The molecule has 6 heteroatoms. The lowest BCUT2D eigenvalue weighted by Gasteiger charge is -2.13. The van der Waals surface area contributed by atoms with Gasteiger partial charge in [0.05, 0.1) is 6.20 Å². The number of amides is 1. The van der Waals surface area contributed by atoms with Gasteiger partial charge < -0.3 is 10.1 Å². The lowest BCUT2D eigenvalue weighted by atomic mass is 10.2. The summed E-state index contributed by atoms with van der Waals surface area (Å²) in [5.74, 6) is 1.07. The monoisotopic (exact) mass is 307 g/mol. The average Bonchev–Trinajstić information content (AvgIpc) is 2.86. The lowest BCUT2D eigenvalue weighted by molar-refractivity contribution is -0.118. The van der Waals surface area contributed by atoms with Crippen LogP contribution >= 0.6 is 11.6 Å². The number of halogens is 1. The quantitative estimate of drug-likeness (QED) is 0.920. The second kappa shape index (κ2) is 6.63. The molecular formula is C15H18ClN3O2. The highest BCUT2D eigenvalue weighted by Gasteiger charge is 2.10. The summed E-state index contributed by atoms with van der Waals surface area (Å²) in [4.78, 5) is 11.9.